The molecule has 0 aliphatic carbocycles. The van der Waals surface area contributed by atoms with Gasteiger partial charge in [-0.3, -0.25) is 9.59 Å². The average molecular weight is 348 g/mol. The number of esters is 1. The quantitative estimate of drug-likeness (QED) is 0.795. The van der Waals surface area contributed by atoms with Gasteiger partial charge in [0.1, 0.15) is 6.61 Å². The van der Waals surface area contributed by atoms with E-state index in [9.17, 15) is 9.59 Å². The first-order valence-corrected chi connectivity index (χ1v) is 8.52. The van der Waals surface area contributed by atoms with E-state index in [0.29, 0.717) is 12.1 Å². The Kier molecular flexibility index (Phi) is 5.04. The number of hydrogen-bond acceptors (Lipinski definition) is 4. The second kappa shape index (κ2) is 7.40. The molecule has 1 atom stereocenters. The summed E-state index contributed by atoms with van der Waals surface area (Å²) in [5, 5.41) is 8.80. The highest BCUT2D eigenvalue weighted by molar-refractivity contribution is 6.00. The first-order valence-electron chi connectivity index (χ1n) is 8.52. The van der Waals surface area contributed by atoms with Gasteiger partial charge in [-0.2, -0.15) is 5.26 Å². The number of aryl methyl sites for hydroxylation is 1. The van der Waals surface area contributed by atoms with Crippen LogP contribution in [0.2, 0.25) is 0 Å². The van der Waals surface area contributed by atoms with Crippen molar-refractivity contribution in [2.45, 2.75) is 26.9 Å². The van der Waals surface area contributed by atoms with Crippen LogP contribution in [0.15, 0.2) is 42.5 Å². The average Bonchev–Trinajstić information content (AvgIpc) is 3.04. The number of carbonyl (C=O) groups is 2. The van der Waals surface area contributed by atoms with Gasteiger partial charge in [0, 0.05) is 18.7 Å². The zero-order valence-corrected chi connectivity index (χ0v) is 14.9. The van der Waals surface area contributed by atoms with Gasteiger partial charge in [0.05, 0.1) is 17.6 Å². The molecule has 0 saturated carbocycles. The number of benzene rings is 2. The highest BCUT2D eigenvalue weighted by atomic mass is 16.5. The van der Waals surface area contributed by atoms with Crippen LogP contribution in [-0.4, -0.2) is 18.4 Å². The molecule has 5 nitrogen and oxygen atoms in total. The van der Waals surface area contributed by atoms with Gasteiger partial charge < -0.3 is 9.64 Å². The van der Waals surface area contributed by atoms with E-state index in [-0.39, 0.29) is 24.9 Å². The maximum Gasteiger partial charge on any atom is 0.311 e. The number of nitriles is 1. The predicted octanol–water partition coefficient (Wildman–Crippen LogP) is 3.27. The molecule has 2 aromatic carbocycles. The Hall–Kier alpha value is -3.13. The van der Waals surface area contributed by atoms with Crippen molar-refractivity contribution >= 4 is 17.6 Å². The van der Waals surface area contributed by atoms with Crippen molar-refractivity contribution in [3.05, 3.63) is 64.7 Å². The second-order valence-corrected chi connectivity index (χ2v) is 6.54. The minimum absolute atomic E-state index is 0.0565. The molecule has 0 bridgehead atoms. The molecular weight excluding hydrogens is 328 g/mol. The Morgan fingerprint density at radius 1 is 1.23 bits per heavy atom. The summed E-state index contributed by atoms with van der Waals surface area (Å²) >= 11 is 0. The van der Waals surface area contributed by atoms with E-state index in [1.165, 1.54) is 0 Å². The maximum atomic E-state index is 12.4. The molecule has 1 aliphatic rings. The van der Waals surface area contributed by atoms with Crippen LogP contribution in [-0.2, 0) is 20.9 Å². The monoisotopic (exact) mass is 348 g/mol. The van der Waals surface area contributed by atoms with Crippen LogP contribution in [0.25, 0.3) is 0 Å². The highest BCUT2D eigenvalue weighted by Crippen LogP contribution is 2.30. The van der Waals surface area contributed by atoms with E-state index in [1.54, 1.807) is 29.2 Å². The van der Waals surface area contributed by atoms with E-state index < -0.39 is 5.92 Å². The molecule has 3 rings (SSSR count). The largest absolute Gasteiger partial charge is 0.461 e. The molecule has 1 aliphatic heterocycles. The molecule has 0 radical (unpaired) electrons. The fourth-order valence-electron chi connectivity index (χ4n) is 3.07. The van der Waals surface area contributed by atoms with Gasteiger partial charge in [0.25, 0.3) is 0 Å². The Bertz CT molecular complexity index is 881. The zero-order chi connectivity index (χ0) is 18.7. The van der Waals surface area contributed by atoms with Crippen LogP contribution in [0.5, 0.6) is 0 Å². The highest BCUT2D eigenvalue weighted by Gasteiger charge is 2.36. The van der Waals surface area contributed by atoms with Crippen LogP contribution >= 0.6 is 0 Å². The second-order valence-electron chi connectivity index (χ2n) is 6.54. The lowest BCUT2D eigenvalue weighted by molar-refractivity contribution is -0.149. The van der Waals surface area contributed by atoms with Crippen molar-refractivity contribution in [2.24, 2.45) is 5.92 Å². The van der Waals surface area contributed by atoms with Crippen LogP contribution in [0.4, 0.5) is 5.69 Å². The summed E-state index contributed by atoms with van der Waals surface area (Å²) in [5.41, 5.74) is 4.39. The van der Waals surface area contributed by atoms with Gasteiger partial charge in [-0.05, 0) is 48.7 Å². The first-order chi connectivity index (χ1) is 12.5. The number of anilines is 1. The Morgan fingerprint density at radius 2 is 1.96 bits per heavy atom. The van der Waals surface area contributed by atoms with Crippen molar-refractivity contribution in [1.29, 1.82) is 5.26 Å². The maximum absolute atomic E-state index is 12.4. The molecule has 132 valence electrons. The van der Waals surface area contributed by atoms with Crippen molar-refractivity contribution in [1.82, 2.24) is 0 Å². The van der Waals surface area contributed by atoms with Crippen LogP contribution in [0.1, 0.15) is 28.7 Å². The minimum atomic E-state index is -0.458. The molecule has 0 aromatic heterocycles. The number of carbonyl (C=O) groups excluding carboxylic acids is 2. The van der Waals surface area contributed by atoms with Gasteiger partial charge >= 0.3 is 5.97 Å². The molecule has 1 saturated heterocycles. The van der Waals surface area contributed by atoms with Crippen LogP contribution in [0, 0.1) is 31.1 Å². The van der Waals surface area contributed by atoms with Gasteiger partial charge in [0.15, 0.2) is 0 Å². The zero-order valence-electron chi connectivity index (χ0n) is 14.9. The summed E-state index contributed by atoms with van der Waals surface area (Å²) < 4.78 is 5.37. The summed E-state index contributed by atoms with van der Waals surface area (Å²) in [7, 11) is 0. The Labute approximate surface area is 152 Å². The third kappa shape index (κ3) is 3.60. The van der Waals surface area contributed by atoms with E-state index >= 15 is 0 Å². The number of hydrogen-bond donors (Lipinski definition) is 0. The fourth-order valence-corrected chi connectivity index (χ4v) is 3.07. The van der Waals surface area contributed by atoms with Gasteiger partial charge in [-0.1, -0.05) is 24.3 Å². The predicted molar refractivity (Wildman–Crippen MR) is 97.3 cm³/mol. The number of amides is 1. The molecule has 1 heterocycles. The summed E-state index contributed by atoms with van der Waals surface area (Å²) in [6.45, 7) is 4.46. The lowest BCUT2D eigenvalue weighted by atomic mass is 10.1. The SMILES string of the molecule is Cc1cccc(N2C[C@@H](C(=O)OCc3ccc(C#N)cc3)CC2=O)c1C. The summed E-state index contributed by atoms with van der Waals surface area (Å²) in [6.07, 6.45) is 0.166. The summed E-state index contributed by atoms with van der Waals surface area (Å²) in [5.74, 6) is -0.879. The van der Waals surface area contributed by atoms with Gasteiger partial charge in [0.2, 0.25) is 5.91 Å². The number of ether oxygens (including phenoxy) is 1. The van der Waals surface area contributed by atoms with E-state index in [2.05, 4.69) is 0 Å². The molecule has 0 unspecified atom stereocenters. The third-order valence-corrected chi connectivity index (χ3v) is 4.79. The van der Waals surface area contributed by atoms with E-state index in [4.69, 9.17) is 10.00 Å². The number of rotatable bonds is 4. The topological polar surface area (TPSA) is 70.4 Å². The van der Waals surface area contributed by atoms with Crippen molar-refractivity contribution in [2.75, 3.05) is 11.4 Å². The smallest absolute Gasteiger partial charge is 0.311 e. The molecule has 26 heavy (non-hydrogen) atoms. The first kappa shape index (κ1) is 17.7. The Balaban J connectivity index is 1.63. The third-order valence-electron chi connectivity index (χ3n) is 4.79. The molecule has 1 fully saturated rings. The minimum Gasteiger partial charge on any atom is -0.461 e. The standard InChI is InChI=1S/C21H20N2O3/c1-14-4-3-5-19(15(14)2)23-12-18(10-20(23)24)21(25)26-13-17-8-6-16(11-22)7-9-17/h3-9,18H,10,12-13H2,1-2H3/t18-/m0/s1. The molecule has 5 heteroatoms. The Morgan fingerprint density at radius 3 is 2.65 bits per heavy atom. The lowest BCUT2D eigenvalue weighted by Gasteiger charge is -2.20. The molecule has 0 spiro atoms. The summed E-state index contributed by atoms with van der Waals surface area (Å²) in [6, 6.07) is 14.8. The van der Waals surface area contributed by atoms with Crippen LogP contribution in [0.3, 0.4) is 0 Å². The van der Waals surface area contributed by atoms with Gasteiger partial charge in [-0.15, -0.1) is 0 Å². The summed E-state index contributed by atoms with van der Waals surface area (Å²) in [4.78, 5) is 26.4. The van der Waals surface area contributed by atoms with Crippen molar-refractivity contribution in [3.63, 3.8) is 0 Å². The molecule has 2 aromatic rings. The lowest BCUT2D eigenvalue weighted by Crippen LogP contribution is -2.27. The fraction of sp³-hybridized carbons (Fsp3) is 0.286. The van der Waals surface area contributed by atoms with Crippen molar-refractivity contribution < 1.29 is 14.3 Å². The molecular formula is C21H20N2O3. The van der Waals surface area contributed by atoms with E-state index in [1.807, 2.05) is 38.1 Å². The number of nitrogens with zero attached hydrogens (tertiary/aromatic N) is 2. The van der Waals surface area contributed by atoms with Gasteiger partial charge in [-0.25, -0.2) is 0 Å². The molecule has 0 N–H and O–H groups in total. The van der Waals surface area contributed by atoms with E-state index in [0.717, 1.165) is 22.4 Å². The normalized spacial score (nSPS) is 16.4. The van der Waals surface area contributed by atoms with Crippen molar-refractivity contribution in [3.8, 4) is 6.07 Å². The van der Waals surface area contributed by atoms with Crippen LogP contribution < -0.4 is 4.90 Å². The molecule has 1 amide bonds.